The fourth-order valence-corrected chi connectivity index (χ4v) is 3.10. The van der Waals surface area contributed by atoms with Crippen molar-refractivity contribution < 1.29 is 8.42 Å². The van der Waals surface area contributed by atoms with Crippen LogP contribution in [0.4, 0.5) is 11.5 Å². The van der Waals surface area contributed by atoms with Crippen LogP contribution < -0.4 is 10.5 Å². The summed E-state index contributed by atoms with van der Waals surface area (Å²) in [6.07, 6.45) is 1.36. The zero-order valence-corrected chi connectivity index (χ0v) is 13.4. The number of halogens is 1. The van der Waals surface area contributed by atoms with E-state index in [1.54, 1.807) is 12.1 Å². The van der Waals surface area contributed by atoms with Gasteiger partial charge in [0.05, 0.1) is 4.90 Å². The van der Waals surface area contributed by atoms with Crippen LogP contribution in [0.1, 0.15) is 11.1 Å². The highest BCUT2D eigenvalue weighted by atomic mass is 79.9. The Kier molecular flexibility index (Phi) is 4.01. The molecule has 0 aliphatic rings. The average Bonchev–Trinajstić information content (AvgIpc) is 2.35. The Morgan fingerprint density at radius 2 is 1.80 bits per heavy atom. The summed E-state index contributed by atoms with van der Waals surface area (Å²) in [5.41, 5.74) is 7.93. The van der Waals surface area contributed by atoms with Crippen LogP contribution in [0.5, 0.6) is 0 Å². The lowest BCUT2D eigenvalue weighted by atomic mass is 10.1. The van der Waals surface area contributed by atoms with E-state index in [9.17, 15) is 8.42 Å². The number of nitrogen functional groups attached to an aromatic ring is 1. The van der Waals surface area contributed by atoms with Gasteiger partial charge in [0.2, 0.25) is 0 Å². The second-order valence-electron chi connectivity index (χ2n) is 4.45. The first kappa shape index (κ1) is 14.8. The van der Waals surface area contributed by atoms with Crippen molar-refractivity contribution in [2.75, 3.05) is 10.5 Å². The molecule has 0 saturated carbocycles. The highest BCUT2D eigenvalue weighted by Crippen LogP contribution is 2.26. The molecule has 0 saturated heterocycles. The van der Waals surface area contributed by atoms with E-state index >= 15 is 0 Å². The number of hydrogen-bond donors (Lipinski definition) is 2. The van der Waals surface area contributed by atoms with Crippen molar-refractivity contribution in [3.8, 4) is 0 Å². The summed E-state index contributed by atoms with van der Waals surface area (Å²) in [5, 5.41) is 0. The maximum atomic E-state index is 12.3. The van der Waals surface area contributed by atoms with Crippen molar-refractivity contribution in [1.82, 2.24) is 4.98 Å². The third kappa shape index (κ3) is 3.10. The van der Waals surface area contributed by atoms with Crippen molar-refractivity contribution in [2.24, 2.45) is 0 Å². The number of benzene rings is 1. The summed E-state index contributed by atoms with van der Waals surface area (Å²) in [6.45, 7) is 3.80. The third-order valence-corrected chi connectivity index (χ3v) is 5.38. The Hall–Kier alpha value is -1.60. The first-order valence-electron chi connectivity index (χ1n) is 5.81. The van der Waals surface area contributed by atoms with Crippen LogP contribution in [0.2, 0.25) is 0 Å². The minimum atomic E-state index is -3.67. The largest absolute Gasteiger partial charge is 0.384 e. The van der Waals surface area contributed by atoms with Gasteiger partial charge in [-0.3, -0.25) is 4.72 Å². The van der Waals surface area contributed by atoms with Crippen LogP contribution in [0, 0.1) is 13.8 Å². The normalized spacial score (nSPS) is 11.3. The van der Waals surface area contributed by atoms with Crippen LogP contribution in [0.25, 0.3) is 0 Å². The second-order valence-corrected chi connectivity index (χ2v) is 6.92. The molecule has 2 aromatic rings. The molecular weight excluding hydrogens is 342 g/mol. The molecule has 1 heterocycles. The topological polar surface area (TPSA) is 85.1 Å². The number of nitrogens with two attached hydrogens (primary N) is 1. The first-order valence-corrected chi connectivity index (χ1v) is 8.08. The molecule has 0 spiro atoms. The molecule has 0 aliphatic heterocycles. The van der Waals surface area contributed by atoms with Crippen LogP contribution in [0.15, 0.2) is 39.8 Å². The van der Waals surface area contributed by atoms with E-state index in [1.807, 2.05) is 13.8 Å². The Balaban J connectivity index is 2.38. The van der Waals surface area contributed by atoms with Crippen LogP contribution >= 0.6 is 15.9 Å². The summed E-state index contributed by atoms with van der Waals surface area (Å²) in [5.74, 6) is 0.163. The fraction of sp³-hybridized carbons (Fsp3) is 0.154. The fourth-order valence-electron chi connectivity index (χ4n) is 1.81. The van der Waals surface area contributed by atoms with Gasteiger partial charge in [0.25, 0.3) is 10.0 Å². The van der Waals surface area contributed by atoms with Gasteiger partial charge in [-0.25, -0.2) is 13.4 Å². The number of aromatic nitrogens is 1. The van der Waals surface area contributed by atoms with Crippen molar-refractivity contribution in [3.05, 3.63) is 46.1 Å². The molecule has 2 rings (SSSR count). The number of rotatable bonds is 3. The predicted molar refractivity (Wildman–Crippen MR) is 83.1 cm³/mol. The second kappa shape index (κ2) is 5.41. The Morgan fingerprint density at radius 3 is 2.35 bits per heavy atom. The molecule has 7 heteroatoms. The maximum Gasteiger partial charge on any atom is 0.262 e. The van der Waals surface area contributed by atoms with E-state index in [1.165, 1.54) is 18.3 Å². The zero-order valence-electron chi connectivity index (χ0n) is 11.0. The number of aryl methyl sites for hydroxylation is 2. The van der Waals surface area contributed by atoms with Gasteiger partial charge in [0, 0.05) is 22.4 Å². The minimum Gasteiger partial charge on any atom is -0.384 e. The molecule has 0 bridgehead atoms. The average molecular weight is 356 g/mol. The summed E-state index contributed by atoms with van der Waals surface area (Å²) < 4.78 is 28.0. The number of sulfonamides is 1. The predicted octanol–water partition coefficient (Wildman–Crippen LogP) is 2.84. The lowest BCUT2D eigenvalue weighted by Crippen LogP contribution is -2.13. The lowest BCUT2D eigenvalue weighted by molar-refractivity contribution is 0.601. The standard InChI is InChI=1S/C13H14BrN3O2S/c1-8-5-10(6-9(2)13(8)14)17-20(18,19)11-3-4-16-12(15)7-11/h3-7,17H,1-2H3,(H2,15,16). The summed E-state index contributed by atoms with van der Waals surface area (Å²) in [7, 11) is -3.67. The minimum absolute atomic E-state index is 0.0863. The molecule has 0 atom stereocenters. The van der Waals surface area contributed by atoms with E-state index in [2.05, 4.69) is 25.6 Å². The van der Waals surface area contributed by atoms with Gasteiger partial charge >= 0.3 is 0 Å². The number of anilines is 2. The number of pyridine rings is 1. The summed E-state index contributed by atoms with van der Waals surface area (Å²) in [6, 6.07) is 6.25. The molecule has 5 nitrogen and oxygen atoms in total. The molecule has 20 heavy (non-hydrogen) atoms. The van der Waals surface area contributed by atoms with E-state index < -0.39 is 10.0 Å². The Labute approximate surface area is 126 Å². The number of nitrogens with zero attached hydrogens (tertiary/aromatic N) is 1. The van der Waals surface area contributed by atoms with E-state index in [0.29, 0.717) is 5.69 Å². The van der Waals surface area contributed by atoms with Gasteiger partial charge in [0.1, 0.15) is 5.82 Å². The zero-order chi connectivity index (χ0) is 14.9. The van der Waals surface area contributed by atoms with Crippen LogP contribution in [-0.2, 0) is 10.0 Å². The van der Waals surface area contributed by atoms with Gasteiger partial charge < -0.3 is 5.73 Å². The van der Waals surface area contributed by atoms with E-state index in [0.717, 1.165) is 15.6 Å². The summed E-state index contributed by atoms with van der Waals surface area (Å²) >= 11 is 3.45. The smallest absolute Gasteiger partial charge is 0.262 e. The van der Waals surface area contributed by atoms with Crippen molar-refractivity contribution in [3.63, 3.8) is 0 Å². The maximum absolute atomic E-state index is 12.3. The number of nitrogens with one attached hydrogen (secondary N) is 1. The quantitative estimate of drug-likeness (QED) is 0.886. The molecule has 0 aliphatic carbocycles. The van der Waals surface area contributed by atoms with Crippen LogP contribution in [-0.4, -0.2) is 13.4 Å². The van der Waals surface area contributed by atoms with Crippen LogP contribution in [0.3, 0.4) is 0 Å². The van der Waals surface area contributed by atoms with Crippen molar-refractivity contribution in [2.45, 2.75) is 18.7 Å². The first-order chi connectivity index (χ1) is 9.29. The molecule has 0 fully saturated rings. The van der Waals surface area contributed by atoms with Gasteiger partial charge in [-0.05, 0) is 43.2 Å². The molecular formula is C13H14BrN3O2S. The van der Waals surface area contributed by atoms with Gasteiger partial charge in [-0.2, -0.15) is 0 Å². The molecule has 3 N–H and O–H groups in total. The molecule has 0 unspecified atom stereocenters. The Bertz CT molecular complexity index is 737. The SMILES string of the molecule is Cc1cc(NS(=O)(=O)c2ccnc(N)c2)cc(C)c1Br. The number of hydrogen-bond acceptors (Lipinski definition) is 4. The van der Waals surface area contributed by atoms with Gasteiger partial charge in [-0.1, -0.05) is 15.9 Å². The summed E-state index contributed by atoms with van der Waals surface area (Å²) in [4.78, 5) is 3.87. The molecule has 1 aromatic carbocycles. The van der Waals surface area contributed by atoms with Gasteiger partial charge in [0.15, 0.2) is 0 Å². The Morgan fingerprint density at radius 1 is 1.20 bits per heavy atom. The van der Waals surface area contributed by atoms with E-state index in [-0.39, 0.29) is 10.7 Å². The monoisotopic (exact) mass is 355 g/mol. The third-order valence-electron chi connectivity index (χ3n) is 2.75. The molecule has 0 amide bonds. The van der Waals surface area contributed by atoms with E-state index in [4.69, 9.17) is 5.73 Å². The molecule has 106 valence electrons. The highest BCUT2D eigenvalue weighted by Gasteiger charge is 2.15. The van der Waals surface area contributed by atoms with Crippen molar-refractivity contribution in [1.29, 1.82) is 0 Å². The van der Waals surface area contributed by atoms with Gasteiger partial charge in [-0.15, -0.1) is 0 Å². The molecule has 0 radical (unpaired) electrons. The highest BCUT2D eigenvalue weighted by molar-refractivity contribution is 9.10. The molecule has 1 aromatic heterocycles. The lowest BCUT2D eigenvalue weighted by Gasteiger charge is -2.11. The van der Waals surface area contributed by atoms with Crippen molar-refractivity contribution >= 4 is 37.5 Å².